The minimum absolute atomic E-state index is 0.0626. The van der Waals surface area contributed by atoms with E-state index in [0.29, 0.717) is 11.3 Å². The van der Waals surface area contributed by atoms with Gasteiger partial charge < -0.3 is 5.32 Å². The van der Waals surface area contributed by atoms with Gasteiger partial charge in [0.2, 0.25) is 5.95 Å². The number of rotatable bonds is 2. The largest absolute Gasteiger partial charge is 0.302 e. The monoisotopic (exact) mass is 288 g/mol. The zero-order valence-corrected chi connectivity index (χ0v) is 11.5. The first-order chi connectivity index (χ1) is 9.54. The van der Waals surface area contributed by atoms with Crippen LogP contribution in [0.3, 0.4) is 0 Å². The molecule has 1 aromatic carbocycles. The summed E-state index contributed by atoms with van der Waals surface area (Å²) in [6.07, 6.45) is 0. The van der Waals surface area contributed by atoms with Crippen LogP contribution in [0.5, 0.6) is 0 Å². The van der Waals surface area contributed by atoms with Gasteiger partial charge in [-0.2, -0.15) is 0 Å². The van der Waals surface area contributed by atoms with E-state index in [1.165, 1.54) is 6.07 Å². The number of nitrogens with one attached hydrogen (secondary N) is 3. The fourth-order valence-corrected chi connectivity index (χ4v) is 1.73. The lowest BCUT2D eigenvalue weighted by Crippen LogP contribution is -2.35. The van der Waals surface area contributed by atoms with Gasteiger partial charge in [-0.05, 0) is 31.3 Å². The number of carbonyl (C=O) groups is 1. The zero-order valence-electron chi connectivity index (χ0n) is 10.6. The Balaban J connectivity index is 2.02. The molecule has 20 heavy (non-hydrogen) atoms. The van der Waals surface area contributed by atoms with Crippen LogP contribution in [0.25, 0.3) is 0 Å². The highest BCUT2D eigenvalue weighted by Crippen LogP contribution is 1.99. The second-order valence-corrected chi connectivity index (χ2v) is 4.42. The number of aromatic amines is 1. The number of hydrogen-bond acceptors (Lipinski definition) is 4. The lowest BCUT2D eigenvalue weighted by atomic mass is 10.2. The number of thiocarbonyl (C=S) groups is 1. The molecule has 6 nitrogen and oxygen atoms in total. The first-order valence-electron chi connectivity index (χ1n) is 5.80. The Morgan fingerprint density at radius 1 is 1.30 bits per heavy atom. The average Bonchev–Trinajstić information content (AvgIpc) is 2.38. The molecule has 0 atom stereocenters. The lowest BCUT2D eigenvalue weighted by molar-refractivity contribution is 0.0978. The Morgan fingerprint density at radius 3 is 2.65 bits per heavy atom. The zero-order chi connectivity index (χ0) is 14.5. The Hall–Kier alpha value is -2.54. The van der Waals surface area contributed by atoms with E-state index in [-0.39, 0.29) is 22.5 Å². The van der Waals surface area contributed by atoms with E-state index in [0.717, 1.165) is 0 Å². The fourth-order valence-electron chi connectivity index (χ4n) is 1.54. The summed E-state index contributed by atoms with van der Waals surface area (Å²) in [7, 11) is 0. The molecule has 0 bridgehead atoms. The first kappa shape index (κ1) is 13.9. The molecule has 3 N–H and O–H groups in total. The van der Waals surface area contributed by atoms with E-state index >= 15 is 0 Å². The highest BCUT2D eigenvalue weighted by molar-refractivity contribution is 7.80. The molecular formula is C13H12N4O2S. The predicted molar refractivity (Wildman–Crippen MR) is 79.7 cm³/mol. The molecule has 7 heteroatoms. The molecule has 2 rings (SSSR count). The van der Waals surface area contributed by atoms with Crippen molar-refractivity contribution >= 4 is 29.2 Å². The number of carbonyl (C=O) groups excluding carboxylic acids is 1. The standard InChI is InChI=1S/C13H12N4O2S/c1-8-7-10(18)15-12(14-8)17-13(20)16-11(19)9-5-3-2-4-6-9/h2-7H,1H3,(H3,14,15,16,17,18,19,20). The van der Waals surface area contributed by atoms with Crippen LogP contribution in [-0.4, -0.2) is 21.0 Å². The van der Waals surface area contributed by atoms with Crippen molar-refractivity contribution in [3.8, 4) is 0 Å². The smallest absolute Gasteiger partial charge is 0.257 e. The fraction of sp³-hybridized carbons (Fsp3) is 0.0769. The average molecular weight is 288 g/mol. The van der Waals surface area contributed by atoms with E-state index in [2.05, 4.69) is 20.6 Å². The highest BCUT2D eigenvalue weighted by atomic mass is 32.1. The summed E-state index contributed by atoms with van der Waals surface area (Å²) in [6, 6.07) is 10.0. The number of aromatic nitrogens is 2. The molecule has 0 aliphatic carbocycles. The molecule has 0 unspecified atom stereocenters. The van der Waals surface area contributed by atoms with Crippen molar-refractivity contribution in [3.63, 3.8) is 0 Å². The molecule has 0 aliphatic rings. The van der Waals surface area contributed by atoms with Crippen molar-refractivity contribution < 1.29 is 4.79 Å². The van der Waals surface area contributed by atoms with Gasteiger partial charge in [0.1, 0.15) is 0 Å². The van der Waals surface area contributed by atoms with Crippen molar-refractivity contribution in [2.75, 3.05) is 5.32 Å². The van der Waals surface area contributed by atoms with E-state index in [1.54, 1.807) is 31.2 Å². The molecule has 0 spiro atoms. The van der Waals surface area contributed by atoms with E-state index in [9.17, 15) is 9.59 Å². The molecule has 1 heterocycles. The molecule has 1 amide bonds. The van der Waals surface area contributed by atoms with Crippen LogP contribution >= 0.6 is 12.2 Å². The number of amides is 1. The summed E-state index contributed by atoms with van der Waals surface area (Å²) in [4.78, 5) is 29.6. The molecule has 0 saturated carbocycles. The van der Waals surface area contributed by atoms with E-state index in [1.807, 2.05) is 6.07 Å². The predicted octanol–water partition coefficient (Wildman–Crippen LogP) is 1.21. The molecule has 0 radical (unpaired) electrons. The van der Waals surface area contributed by atoms with Crippen LogP contribution in [0.4, 0.5) is 5.95 Å². The quantitative estimate of drug-likeness (QED) is 0.723. The summed E-state index contributed by atoms with van der Waals surface area (Å²) in [5.41, 5.74) is 0.743. The maximum atomic E-state index is 11.8. The van der Waals surface area contributed by atoms with Crippen molar-refractivity contribution in [2.45, 2.75) is 6.92 Å². The van der Waals surface area contributed by atoms with E-state index in [4.69, 9.17) is 12.2 Å². The van der Waals surface area contributed by atoms with Gasteiger partial charge in [-0.1, -0.05) is 18.2 Å². The van der Waals surface area contributed by atoms with Gasteiger partial charge in [0, 0.05) is 17.3 Å². The summed E-state index contributed by atoms with van der Waals surface area (Å²) in [5, 5.41) is 5.22. The molecular weight excluding hydrogens is 276 g/mol. The van der Waals surface area contributed by atoms with Gasteiger partial charge in [-0.15, -0.1) is 0 Å². The Labute approximate surface area is 120 Å². The van der Waals surface area contributed by atoms with Crippen molar-refractivity contribution in [1.29, 1.82) is 0 Å². The lowest BCUT2D eigenvalue weighted by Gasteiger charge is -2.08. The molecule has 2 aromatic rings. The van der Waals surface area contributed by atoms with Crippen molar-refractivity contribution in [1.82, 2.24) is 15.3 Å². The minimum atomic E-state index is -0.335. The van der Waals surface area contributed by atoms with Gasteiger partial charge in [-0.25, -0.2) is 4.98 Å². The second-order valence-electron chi connectivity index (χ2n) is 4.01. The van der Waals surface area contributed by atoms with Crippen LogP contribution in [-0.2, 0) is 0 Å². The molecule has 0 saturated heterocycles. The summed E-state index contributed by atoms with van der Waals surface area (Å²) >= 11 is 4.99. The van der Waals surface area contributed by atoms with Gasteiger partial charge in [0.15, 0.2) is 5.11 Å². The number of nitrogens with zero attached hydrogens (tertiary/aromatic N) is 1. The molecule has 102 valence electrons. The molecule has 1 aromatic heterocycles. The molecule has 0 aliphatic heterocycles. The summed E-state index contributed by atoms with van der Waals surface area (Å²) in [6.45, 7) is 1.69. The SMILES string of the molecule is Cc1cc(=O)[nH]c(NC(=S)NC(=O)c2ccccc2)n1. The maximum Gasteiger partial charge on any atom is 0.257 e. The Kier molecular flexibility index (Phi) is 4.21. The number of H-pyrrole nitrogens is 1. The number of anilines is 1. The van der Waals surface area contributed by atoms with Crippen molar-refractivity contribution in [2.24, 2.45) is 0 Å². The molecule has 0 fully saturated rings. The van der Waals surface area contributed by atoms with Gasteiger partial charge >= 0.3 is 0 Å². The third kappa shape index (κ3) is 3.72. The highest BCUT2D eigenvalue weighted by Gasteiger charge is 2.08. The van der Waals surface area contributed by atoms with Crippen LogP contribution in [0.15, 0.2) is 41.2 Å². The van der Waals surface area contributed by atoms with Gasteiger partial charge in [-0.3, -0.25) is 19.9 Å². The number of benzene rings is 1. The second kappa shape index (κ2) is 6.07. The third-order valence-corrected chi connectivity index (χ3v) is 2.57. The minimum Gasteiger partial charge on any atom is -0.302 e. The number of hydrogen-bond donors (Lipinski definition) is 3. The maximum absolute atomic E-state index is 11.8. The summed E-state index contributed by atoms with van der Waals surface area (Å²) < 4.78 is 0. The van der Waals surface area contributed by atoms with Crippen LogP contribution in [0.1, 0.15) is 16.1 Å². The van der Waals surface area contributed by atoms with Gasteiger partial charge in [0.05, 0.1) is 0 Å². The normalized spacial score (nSPS) is 9.85. The van der Waals surface area contributed by atoms with Crippen LogP contribution < -0.4 is 16.2 Å². The van der Waals surface area contributed by atoms with Crippen LogP contribution in [0.2, 0.25) is 0 Å². The van der Waals surface area contributed by atoms with E-state index < -0.39 is 0 Å². The number of aryl methyl sites for hydroxylation is 1. The van der Waals surface area contributed by atoms with Crippen LogP contribution in [0, 0.1) is 6.92 Å². The first-order valence-corrected chi connectivity index (χ1v) is 6.21. The van der Waals surface area contributed by atoms with Crippen molar-refractivity contribution in [3.05, 3.63) is 58.0 Å². The van der Waals surface area contributed by atoms with Gasteiger partial charge in [0.25, 0.3) is 11.5 Å². The Bertz CT molecular complexity index is 697. The Morgan fingerprint density at radius 2 is 2.00 bits per heavy atom. The topological polar surface area (TPSA) is 86.9 Å². The summed E-state index contributed by atoms with van der Waals surface area (Å²) in [5.74, 6) is -0.147. The third-order valence-electron chi connectivity index (χ3n) is 2.36.